The average molecular weight is 369 g/mol. The van der Waals surface area contributed by atoms with Crippen LogP contribution in [0.15, 0.2) is 54.6 Å². The third-order valence-electron chi connectivity index (χ3n) is 4.02. The first-order chi connectivity index (χ1) is 13.1. The van der Waals surface area contributed by atoms with Crippen LogP contribution >= 0.6 is 0 Å². The number of methoxy groups -OCH3 is 1. The van der Waals surface area contributed by atoms with Gasteiger partial charge in [-0.05, 0) is 30.2 Å². The quantitative estimate of drug-likeness (QED) is 0.632. The number of carbonyl (C=O) groups is 2. The van der Waals surface area contributed by atoms with E-state index in [1.807, 2.05) is 42.5 Å². The van der Waals surface area contributed by atoms with E-state index in [9.17, 15) is 9.59 Å². The van der Waals surface area contributed by atoms with E-state index in [1.54, 1.807) is 31.2 Å². The van der Waals surface area contributed by atoms with Crippen LogP contribution in [0.25, 0.3) is 0 Å². The molecule has 0 aliphatic heterocycles. The van der Waals surface area contributed by atoms with Crippen molar-refractivity contribution >= 4 is 17.5 Å². The van der Waals surface area contributed by atoms with Gasteiger partial charge in [-0.2, -0.15) is 0 Å². The second kappa shape index (κ2) is 11.0. The molecular formula is C21H27N3O3. The Morgan fingerprint density at radius 2 is 1.85 bits per heavy atom. The van der Waals surface area contributed by atoms with Crippen molar-refractivity contribution in [3.8, 4) is 0 Å². The molecule has 0 aromatic heterocycles. The number of benzene rings is 2. The van der Waals surface area contributed by atoms with Crippen LogP contribution in [0, 0.1) is 0 Å². The van der Waals surface area contributed by atoms with Gasteiger partial charge in [-0.1, -0.05) is 36.4 Å². The van der Waals surface area contributed by atoms with E-state index in [4.69, 9.17) is 4.74 Å². The first-order valence-electron chi connectivity index (χ1n) is 8.99. The molecule has 0 fully saturated rings. The van der Waals surface area contributed by atoms with Crippen molar-refractivity contribution in [1.29, 1.82) is 0 Å². The summed E-state index contributed by atoms with van der Waals surface area (Å²) >= 11 is 0. The molecule has 0 spiro atoms. The highest BCUT2D eigenvalue weighted by Crippen LogP contribution is 2.13. The molecule has 0 saturated carbocycles. The number of nitrogens with one attached hydrogen (secondary N) is 2. The Bertz CT molecular complexity index is 734. The van der Waals surface area contributed by atoms with Crippen LogP contribution in [0.1, 0.15) is 22.3 Å². The van der Waals surface area contributed by atoms with E-state index in [1.165, 1.54) is 0 Å². The summed E-state index contributed by atoms with van der Waals surface area (Å²) < 4.78 is 4.94. The lowest BCUT2D eigenvalue weighted by atomic mass is 10.1. The second-order valence-corrected chi connectivity index (χ2v) is 6.28. The highest BCUT2D eigenvalue weighted by Gasteiger charge is 2.12. The van der Waals surface area contributed by atoms with Crippen LogP contribution in [0.4, 0.5) is 5.69 Å². The highest BCUT2D eigenvalue weighted by atomic mass is 16.5. The lowest BCUT2D eigenvalue weighted by molar-refractivity contribution is -0.119. The molecule has 0 unspecified atom stereocenters. The monoisotopic (exact) mass is 369 g/mol. The third kappa shape index (κ3) is 7.11. The molecule has 2 N–H and O–H groups in total. The Labute approximate surface area is 160 Å². The van der Waals surface area contributed by atoms with Gasteiger partial charge in [-0.15, -0.1) is 0 Å². The summed E-state index contributed by atoms with van der Waals surface area (Å²) in [6, 6.07) is 17.0. The molecule has 0 saturated heterocycles. The summed E-state index contributed by atoms with van der Waals surface area (Å²) in [5, 5.41) is 5.87. The molecule has 2 aromatic rings. The topological polar surface area (TPSA) is 70.7 Å². The Kier molecular flexibility index (Phi) is 8.32. The van der Waals surface area contributed by atoms with E-state index in [0.717, 1.165) is 17.7 Å². The summed E-state index contributed by atoms with van der Waals surface area (Å²) in [5.74, 6) is -0.157. The van der Waals surface area contributed by atoms with Gasteiger partial charge in [0, 0.05) is 45.1 Å². The van der Waals surface area contributed by atoms with E-state index in [0.29, 0.717) is 25.3 Å². The summed E-state index contributed by atoms with van der Waals surface area (Å²) in [6.07, 6.45) is 0.778. The van der Waals surface area contributed by atoms with E-state index < -0.39 is 0 Å². The Morgan fingerprint density at radius 3 is 2.59 bits per heavy atom. The smallest absolute Gasteiger partial charge is 0.253 e. The number of carbonyl (C=O) groups excluding carboxylic acids is 2. The zero-order valence-electron chi connectivity index (χ0n) is 15.9. The van der Waals surface area contributed by atoms with Gasteiger partial charge in [-0.25, -0.2) is 0 Å². The molecule has 0 aliphatic rings. The molecule has 2 amide bonds. The Morgan fingerprint density at radius 1 is 1.07 bits per heavy atom. The molecule has 6 heteroatoms. The Hall–Kier alpha value is -2.86. The van der Waals surface area contributed by atoms with Gasteiger partial charge in [-0.3, -0.25) is 9.59 Å². The number of anilines is 1. The average Bonchev–Trinajstić information content (AvgIpc) is 2.70. The van der Waals surface area contributed by atoms with Crippen molar-refractivity contribution in [1.82, 2.24) is 10.2 Å². The molecule has 0 radical (unpaired) electrons. The van der Waals surface area contributed by atoms with Gasteiger partial charge < -0.3 is 20.3 Å². The van der Waals surface area contributed by atoms with E-state index >= 15 is 0 Å². The minimum Gasteiger partial charge on any atom is -0.385 e. The van der Waals surface area contributed by atoms with Gasteiger partial charge in [0.05, 0.1) is 6.54 Å². The van der Waals surface area contributed by atoms with Crippen LogP contribution in [-0.2, 0) is 16.1 Å². The molecule has 6 nitrogen and oxygen atoms in total. The minimum absolute atomic E-state index is 0.0634. The minimum atomic E-state index is -0.0935. The van der Waals surface area contributed by atoms with Gasteiger partial charge in [0.2, 0.25) is 5.91 Å². The summed E-state index contributed by atoms with van der Waals surface area (Å²) in [4.78, 5) is 26.1. The van der Waals surface area contributed by atoms with Crippen molar-refractivity contribution in [3.63, 3.8) is 0 Å². The maximum atomic E-state index is 12.6. The number of ether oxygens (including phenoxy) is 1. The second-order valence-electron chi connectivity index (χ2n) is 6.28. The van der Waals surface area contributed by atoms with E-state index in [2.05, 4.69) is 10.6 Å². The van der Waals surface area contributed by atoms with Crippen LogP contribution in [0.2, 0.25) is 0 Å². The molecule has 2 rings (SSSR count). The lowest BCUT2D eigenvalue weighted by Crippen LogP contribution is -2.31. The highest BCUT2D eigenvalue weighted by molar-refractivity contribution is 5.95. The fourth-order valence-corrected chi connectivity index (χ4v) is 2.60. The van der Waals surface area contributed by atoms with E-state index in [-0.39, 0.29) is 18.4 Å². The largest absolute Gasteiger partial charge is 0.385 e. The first kappa shape index (κ1) is 20.5. The SMILES string of the molecule is COCCCNC(=O)CNc1cccc(C(=O)N(C)Cc2ccccc2)c1. The number of nitrogens with zero attached hydrogens (tertiary/aromatic N) is 1. The van der Waals surface area contributed by atoms with Crippen LogP contribution in [-0.4, -0.2) is 50.6 Å². The zero-order chi connectivity index (χ0) is 19.5. The van der Waals surface area contributed by atoms with Crippen molar-refractivity contribution in [2.45, 2.75) is 13.0 Å². The molecule has 0 heterocycles. The van der Waals surface area contributed by atoms with Crippen LogP contribution in [0.3, 0.4) is 0 Å². The molecule has 2 aromatic carbocycles. The number of hydrogen-bond donors (Lipinski definition) is 2. The zero-order valence-corrected chi connectivity index (χ0v) is 15.9. The van der Waals surface area contributed by atoms with Crippen molar-refractivity contribution in [2.75, 3.05) is 39.2 Å². The molecule has 0 aliphatic carbocycles. The molecule has 0 bridgehead atoms. The van der Waals surface area contributed by atoms with Gasteiger partial charge in [0.1, 0.15) is 0 Å². The van der Waals surface area contributed by atoms with Crippen LogP contribution in [0.5, 0.6) is 0 Å². The maximum absolute atomic E-state index is 12.6. The maximum Gasteiger partial charge on any atom is 0.253 e. The van der Waals surface area contributed by atoms with Crippen molar-refractivity contribution < 1.29 is 14.3 Å². The predicted molar refractivity (Wildman–Crippen MR) is 107 cm³/mol. The summed E-state index contributed by atoms with van der Waals surface area (Å²) in [6.45, 7) is 1.90. The first-order valence-corrected chi connectivity index (χ1v) is 8.99. The molecular weight excluding hydrogens is 342 g/mol. The van der Waals surface area contributed by atoms with Crippen molar-refractivity contribution in [3.05, 3.63) is 65.7 Å². The fraction of sp³-hybridized carbons (Fsp3) is 0.333. The molecule has 27 heavy (non-hydrogen) atoms. The van der Waals surface area contributed by atoms with Gasteiger partial charge >= 0.3 is 0 Å². The molecule has 144 valence electrons. The summed E-state index contributed by atoms with van der Waals surface area (Å²) in [7, 11) is 3.41. The standard InChI is InChI=1S/C21H27N3O3/c1-24(16-17-8-4-3-5-9-17)21(26)18-10-6-11-19(14-18)23-15-20(25)22-12-7-13-27-2/h3-6,8-11,14,23H,7,12-13,15-16H2,1-2H3,(H,22,25). The van der Waals surface area contributed by atoms with Crippen LogP contribution < -0.4 is 10.6 Å². The summed E-state index contributed by atoms with van der Waals surface area (Å²) in [5.41, 5.74) is 2.40. The Balaban J connectivity index is 1.86. The normalized spacial score (nSPS) is 10.3. The van der Waals surface area contributed by atoms with Gasteiger partial charge in [0.15, 0.2) is 0 Å². The number of rotatable bonds is 10. The number of amides is 2. The third-order valence-corrected chi connectivity index (χ3v) is 4.02. The predicted octanol–water partition coefficient (Wildman–Crippen LogP) is 2.52. The van der Waals surface area contributed by atoms with Crippen molar-refractivity contribution in [2.24, 2.45) is 0 Å². The molecule has 0 atom stereocenters. The fourth-order valence-electron chi connectivity index (χ4n) is 2.60. The number of hydrogen-bond acceptors (Lipinski definition) is 4. The lowest BCUT2D eigenvalue weighted by Gasteiger charge is -2.18. The van der Waals surface area contributed by atoms with Gasteiger partial charge in [0.25, 0.3) is 5.91 Å².